The van der Waals surface area contributed by atoms with Gasteiger partial charge in [-0.25, -0.2) is 0 Å². The van der Waals surface area contributed by atoms with Crippen LogP contribution in [0, 0.1) is 10.1 Å². The monoisotopic (exact) mass is 331 g/mol. The predicted molar refractivity (Wildman–Crippen MR) is 88.8 cm³/mol. The number of hydrogen-bond acceptors (Lipinski definition) is 4. The smallest absolute Gasteiger partial charge is 0.274 e. The Morgan fingerprint density at radius 2 is 2.04 bits per heavy atom. The largest absolute Gasteiger partial charge is 0.331 e. The molecule has 1 atom stereocenters. The number of nitrogens with zero attached hydrogens (tertiary/aromatic N) is 3. The van der Waals surface area contributed by atoms with Crippen LogP contribution in [0.4, 0.5) is 11.4 Å². The Bertz CT molecular complexity index is 688. The summed E-state index contributed by atoms with van der Waals surface area (Å²) >= 11 is 0. The third-order valence-electron chi connectivity index (χ3n) is 4.85. The lowest BCUT2D eigenvalue weighted by Gasteiger charge is -2.35. The van der Waals surface area contributed by atoms with E-state index >= 15 is 0 Å². The maximum absolute atomic E-state index is 13.1. The highest BCUT2D eigenvalue weighted by Gasteiger charge is 2.36. The van der Waals surface area contributed by atoms with E-state index in [4.69, 9.17) is 0 Å². The van der Waals surface area contributed by atoms with Gasteiger partial charge in [-0.05, 0) is 31.7 Å². The van der Waals surface area contributed by atoms with Crippen LogP contribution >= 0.6 is 0 Å². The molecule has 24 heavy (non-hydrogen) atoms. The van der Waals surface area contributed by atoms with Crippen molar-refractivity contribution in [2.45, 2.75) is 45.1 Å². The van der Waals surface area contributed by atoms with Gasteiger partial charge in [-0.2, -0.15) is 0 Å². The van der Waals surface area contributed by atoms with Gasteiger partial charge in [0, 0.05) is 25.6 Å². The van der Waals surface area contributed by atoms with Crippen LogP contribution in [-0.4, -0.2) is 40.8 Å². The number of benzene rings is 1. The lowest BCUT2D eigenvalue weighted by molar-refractivity contribution is -0.385. The summed E-state index contributed by atoms with van der Waals surface area (Å²) in [6, 6.07) is 4.38. The van der Waals surface area contributed by atoms with Gasteiger partial charge in [-0.3, -0.25) is 19.7 Å². The van der Waals surface area contributed by atoms with Crippen LogP contribution in [-0.2, 0) is 16.0 Å². The molecule has 128 valence electrons. The van der Waals surface area contributed by atoms with Crippen molar-refractivity contribution in [3.63, 3.8) is 0 Å². The van der Waals surface area contributed by atoms with E-state index in [0.29, 0.717) is 50.0 Å². The first-order valence-corrected chi connectivity index (χ1v) is 8.41. The van der Waals surface area contributed by atoms with E-state index in [-0.39, 0.29) is 17.5 Å². The average molecular weight is 331 g/mol. The van der Waals surface area contributed by atoms with Gasteiger partial charge < -0.3 is 9.80 Å². The van der Waals surface area contributed by atoms with Gasteiger partial charge in [-0.1, -0.05) is 13.0 Å². The Kier molecular flexibility index (Phi) is 4.51. The molecular formula is C17H21N3O4. The Hall–Kier alpha value is -2.44. The Morgan fingerprint density at radius 1 is 1.29 bits per heavy atom. The number of anilines is 1. The van der Waals surface area contributed by atoms with Crippen molar-refractivity contribution in [3.05, 3.63) is 33.9 Å². The Morgan fingerprint density at radius 3 is 2.67 bits per heavy atom. The number of hydrogen-bond donors (Lipinski definition) is 0. The summed E-state index contributed by atoms with van der Waals surface area (Å²) in [4.78, 5) is 39.2. The van der Waals surface area contributed by atoms with Gasteiger partial charge >= 0.3 is 0 Å². The van der Waals surface area contributed by atoms with Gasteiger partial charge in [0.25, 0.3) is 5.69 Å². The van der Waals surface area contributed by atoms with Crippen LogP contribution in [0.3, 0.4) is 0 Å². The number of likely N-dealkylation sites (tertiary alicyclic amines) is 1. The van der Waals surface area contributed by atoms with Crippen molar-refractivity contribution >= 4 is 23.2 Å². The summed E-state index contributed by atoms with van der Waals surface area (Å²) in [6.45, 7) is 3.04. The van der Waals surface area contributed by atoms with Gasteiger partial charge in [0.1, 0.15) is 6.04 Å². The molecule has 0 radical (unpaired) electrons. The van der Waals surface area contributed by atoms with E-state index in [1.807, 2.05) is 6.92 Å². The molecule has 0 bridgehead atoms. The zero-order chi connectivity index (χ0) is 17.3. The second kappa shape index (κ2) is 6.59. The van der Waals surface area contributed by atoms with E-state index in [1.54, 1.807) is 21.9 Å². The Balaban J connectivity index is 1.93. The van der Waals surface area contributed by atoms with Crippen LogP contribution in [0.15, 0.2) is 18.2 Å². The van der Waals surface area contributed by atoms with Crippen LogP contribution in [0.25, 0.3) is 0 Å². The van der Waals surface area contributed by atoms with Crippen LogP contribution in [0.5, 0.6) is 0 Å². The lowest BCUT2D eigenvalue weighted by Crippen LogP contribution is -2.50. The van der Waals surface area contributed by atoms with Crippen LogP contribution < -0.4 is 4.90 Å². The highest BCUT2D eigenvalue weighted by Crippen LogP contribution is 2.35. The highest BCUT2D eigenvalue weighted by molar-refractivity contribution is 6.00. The molecule has 0 saturated carbocycles. The molecule has 2 heterocycles. The molecule has 1 fully saturated rings. The molecule has 1 aromatic rings. The molecule has 0 N–H and O–H groups in total. The third kappa shape index (κ3) is 2.74. The highest BCUT2D eigenvalue weighted by atomic mass is 16.6. The molecule has 2 aliphatic heterocycles. The molecule has 3 rings (SSSR count). The molecule has 1 saturated heterocycles. The molecule has 2 amide bonds. The number of amides is 2. The van der Waals surface area contributed by atoms with Crippen molar-refractivity contribution in [2.75, 3.05) is 18.0 Å². The first-order valence-electron chi connectivity index (χ1n) is 8.41. The summed E-state index contributed by atoms with van der Waals surface area (Å²) in [5, 5.41) is 11.2. The van der Waals surface area contributed by atoms with E-state index < -0.39 is 11.0 Å². The SMILES string of the molecule is CCC(C(=O)N1CCCc2c1cccc2[N+](=O)[O-])N1CCCC1=O. The molecule has 0 aliphatic carbocycles. The van der Waals surface area contributed by atoms with Gasteiger partial charge in [-0.15, -0.1) is 0 Å². The van der Waals surface area contributed by atoms with Crippen molar-refractivity contribution in [2.24, 2.45) is 0 Å². The summed E-state index contributed by atoms with van der Waals surface area (Å²) < 4.78 is 0. The van der Waals surface area contributed by atoms with E-state index in [2.05, 4.69) is 0 Å². The average Bonchev–Trinajstić information content (AvgIpc) is 3.00. The fourth-order valence-electron chi connectivity index (χ4n) is 3.71. The van der Waals surface area contributed by atoms with Crippen molar-refractivity contribution in [1.82, 2.24) is 4.90 Å². The number of rotatable bonds is 4. The normalized spacial score (nSPS) is 18.5. The fourth-order valence-corrected chi connectivity index (χ4v) is 3.71. The van der Waals surface area contributed by atoms with Crippen LogP contribution in [0.1, 0.15) is 38.2 Å². The molecular weight excluding hydrogens is 310 g/mol. The first-order chi connectivity index (χ1) is 11.5. The fraction of sp³-hybridized carbons (Fsp3) is 0.529. The second-order valence-corrected chi connectivity index (χ2v) is 6.24. The predicted octanol–water partition coefficient (Wildman–Crippen LogP) is 2.28. The molecule has 7 nitrogen and oxygen atoms in total. The zero-order valence-corrected chi connectivity index (χ0v) is 13.7. The van der Waals surface area contributed by atoms with Crippen molar-refractivity contribution in [1.29, 1.82) is 0 Å². The number of nitro benzene ring substituents is 1. The lowest BCUT2D eigenvalue weighted by atomic mass is 9.98. The number of carbonyl (C=O) groups is 2. The summed E-state index contributed by atoms with van der Waals surface area (Å²) in [6.07, 6.45) is 3.10. The minimum absolute atomic E-state index is 0.0199. The maximum Gasteiger partial charge on any atom is 0.274 e. The standard InChI is InChI=1S/C17H21N3O4/c1-2-13(18-10-5-9-16(18)21)17(22)19-11-4-6-12-14(19)7-3-8-15(12)20(23)24/h3,7-8,13H,2,4-6,9-11H2,1H3. The Labute approximate surface area is 140 Å². The minimum Gasteiger partial charge on any atom is -0.331 e. The zero-order valence-electron chi connectivity index (χ0n) is 13.7. The number of fused-ring (bicyclic) bond motifs is 1. The summed E-state index contributed by atoms with van der Waals surface area (Å²) in [7, 11) is 0. The first kappa shape index (κ1) is 16.4. The molecule has 1 aromatic carbocycles. The molecule has 1 unspecified atom stereocenters. The van der Waals surface area contributed by atoms with Crippen LogP contribution in [0.2, 0.25) is 0 Å². The quantitative estimate of drug-likeness (QED) is 0.626. The van der Waals surface area contributed by atoms with Crippen molar-refractivity contribution < 1.29 is 14.5 Å². The molecule has 7 heteroatoms. The van der Waals surface area contributed by atoms with Gasteiger partial charge in [0.05, 0.1) is 16.2 Å². The minimum atomic E-state index is -0.481. The second-order valence-electron chi connectivity index (χ2n) is 6.24. The number of carbonyl (C=O) groups excluding carboxylic acids is 2. The molecule has 2 aliphatic rings. The van der Waals surface area contributed by atoms with Gasteiger partial charge in [0.2, 0.25) is 11.8 Å². The topological polar surface area (TPSA) is 83.8 Å². The van der Waals surface area contributed by atoms with Gasteiger partial charge in [0.15, 0.2) is 0 Å². The van der Waals surface area contributed by atoms with E-state index in [1.165, 1.54) is 6.07 Å². The number of nitro groups is 1. The van der Waals surface area contributed by atoms with E-state index in [0.717, 1.165) is 6.42 Å². The van der Waals surface area contributed by atoms with E-state index in [9.17, 15) is 19.7 Å². The summed E-state index contributed by atoms with van der Waals surface area (Å²) in [5.74, 6) is -0.110. The molecule has 0 aromatic heterocycles. The summed E-state index contributed by atoms with van der Waals surface area (Å²) in [5.41, 5.74) is 1.30. The van der Waals surface area contributed by atoms with Crippen molar-refractivity contribution in [3.8, 4) is 0 Å². The maximum atomic E-state index is 13.1. The third-order valence-corrected chi connectivity index (χ3v) is 4.85. The molecule has 0 spiro atoms.